The van der Waals surface area contributed by atoms with E-state index >= 15 is 0 Å². The van der Waals surface area contributed by atoms with Gasteiger partial charge in [-0.15, -0.1) is 0 Å². The van der Waals surface area contributed by atoms with Crippen molar-refractivity contribution in [3.8, 4) is 0 Å². The second kappa shape index (κ2) is 10.3. The van der Waals surface area contributed by atoms with Crippen LogP contribution in [0.2, 0.25) is 0 Å². The first-order valence-electron chi connectivity index (χ1n) is 9.94. The van der Waals surface area contributed by atoms with Gasteiger partial charge < -0.3 is 20.4 Å². The Morgan fingerprint density at radius 3 is 2.32 bits per heavy atom. The molecule has 0 saturated heterocycles. The molecule has 0 heterocycles. The van der Waals surface area contributed by atoms with Gasteiger partial charge in [-0.1, -0.05) is 50.3 Å². The van der Waals surface area contributed by atoms with Crippen LogP contribution in [0.3, 0.4) is 0 Å². The molecule has 0 aliphatic rings. The first kappa shape index (κ1) is 22.0. The number of aliphatic hydroxyl groups excluding tert-OH is 2. The molecule has 2 aromatic carbocycles. The summed E-state index contributed by atoms with van der Waals surface area (Å²) in [6.45, 7) is 7.83. The highest BCUT2D eigenvalue weighted by Crippen LogP contribution is 2.33. The standard InChI is InChI=1S/C24H34N2O2/c1-19-18-21(26(14-16-27)15-17-28)12-11-20(19)8-7-13-24(2,3)22-9-5-6-10-23(22)25-4/h5-12,18,25,27-28H,13-17H2,1-4H3. The highest BCUT2D eigenvalue weighted by molar-refractivity contribution is 5.61. The Morgan fingerprint density at radius 1 is 1.04 bits per heavy atom. The molecule has 2 rings (SSSR count). The second-order valence-electron chi connectivity index (χ2n) is 7.76. The number of allylic oxidation sites excluding steroid dienone is 1. The lowest BCUT2D eigenvalue weighted by atomic mass is 9.80. The molecule has 0 saturated carbocycles. The van der Waals surface area contributed by atoms with Gasteiger partial charge in [0.25, 0.3) is 0 Å². The van der Waals surface area contributed by atoms with Crippen LogP contribution in [0.15, 0.2) is 48.5 Å². The van der Waals surface area contributed by atoms with Gasteiger partial charge in [-0.05, 0) is 53.6 Å². The molecule has 152 valence electrons. The number of rotatable bonds is 10. The molecule has 0 aromatic heterocycles. The van der Waals surface area contributed by atoms with Crippen LogP contribution >= 0.6 is 0 Å². The van der Waals surface area contributed by atoms with E-state index in [1.165, 1.54) is 22.4 Å². The highest BCUT2D eigenvalue weighted by Gasteiger charge is 2.21. The molecule has 28 heavy (non-hydrogen) atoms. The van der Waals surface area contributed by atoms with Crippen molar-refractivity contribution in [3.63, 3.8) is 0 Å². The Kier molecular flexibility index (Phi) is 8.09. The van der Waals surface area contributed by atoms with Crippen molar-refractivity contribution in [2.75, 3.05) is 43.6 Å². The first-order valence-corrected chi connectivity index (χ1v) is 9.94. The van der Waals surface area contributed by atoms with E-state index in [0.29, 0.717) is 13.1 Å². The van der Waals surface area contributed by atoms with Gasteiger partial charge in [0.1, 0.15) is 0 Å². The van der Waals surface area contributed by atoms with Crippen molar-refractivity contribution in [1.82, 2.24) is 0 Å². The van der Waals surface area contributed by atoms with Crippen molar-refractivity contribution in [2.45, 2.75) is 32.6 Å². The van der Waals surface area contributed by atoms with Crippen molar-refractivity contribution in [1.29, 1.82) is 0 Å². The fraction of sp³-hybridized carbons (Fsp3) is 0.417. The quantitative estimate of drug-likeness (QED) is 0.576. The number of para-hydroxylation sites is 1. The molecule has 0 aliphatic heterocycles. The van der Waals surface area contributed by atoms with Crippen LogP contribution in [-0.4, -0.2) is 43.6 Å². The molecular formula is C24H34N2O2. The summed E-state index contributed by atoms with van der Waals surface area (Å²) < 4.78 is 0. The van der Waals surface area contributed by atoms with Crippen LogP contribution in [0, 0.1) is 6.92 Å². The summed E-state index contributed by atoms with van der Waals surface area (Å²) in [7, 11) is 1.96. The monoisotopic (exact) mass is 382 g/mol. The summed E-state index contributed by atoms with van der Waals surface area (Å²) in [6, 6.07) is 14.7. The molecule has 0 aliphatic carbocycles. The maximum absolute atomic E-state index is 9.23. The summed E-state index contributed by atoms with van der Waals surface area (Å²) in [4.78, 5) is 2.00. The third-order valence-electron chi connectivity index (χ3n) is 5.21. The lowest BCUT2D eigenvalue weighted by Crippen LogP contribution is -2.29. The first-order chi connectivity index (χ1) is 13.4. The summed E-state index contributed by atoms with van der Waals surface area (Å²) in [5.74, 6) is 0. The second-order valence-corrected chi connectivity index (χ2v) is 7.76. The Morgan fingerprint density at radius 2 is 1.71 bits per heavy atom. The van der Waals surface area contributed by atoms with E-state index in [0.717, 1.165) is 12.1 Å². The van der Waals surface area contributed by atoms with Crippen molar-refractivity contribution < 1.29 is 10.2 Å². The molecule has 0 atom stereocenters. The fourth-order valence-electron chi connectivity index (χ4n) is 3.54. The van der Waals surface area contributed by atoms with E-state index in [-0.39, 0.29) is 18.6 Å². The number of hydrogen-bond acceptors (Lipinski definition) is 4. The summed E-state index contributed by atoms with van der Waals surface area (Å²) in [5, 5.41) is 21.8. The Balaban J connectivity index is 2.13. The topological polar surface area (TPSA) is 55.7 Å². The average molecular weight is 383 g/mol. The van der Waals surface area contributed by atoms with Gasteiger partial charge in [0.05, 0.1) is 13.2 Å². The zero-order chi connectivity index (χ0) is 20.6. The van der Waals surface area contributed by atoms with Crippen LogP contribution in [0.25, 0.3) is 6.08 Å². The minimum absolute atomic E-state index is 0.0308. The van der Waals surface area contributed by atoms with E-state index < -0.39 is 0 Å². The minimum atomic E-state index is 0.0308. The molecule has 0 unspecified atom stereocenters. The Bertz CT molecular complexity index is 778. The number of hydrogen-bond donors (Lipinski definition) is 3. The molecule has 2 aromatic rings. The van der Waals surface area contributed by atoms with Gasteiger partial charge in [0.2, 0.25) is 0 Å². The number of nitrogens with zero attached hydrogens (tertiary/aromatic N) is 1. The third kappa shape index (κ3) is 5.60. The highest BCUT2D eigenvalue weighted by atomic mass is 16.3. The van der Waals surface area contributed by atoms with Crippen molar-refractivity contribution >= 4 is 17.5 Å². The summed E-state index contributed by atoms with van der Waals surface area (Å²) in [6.07, 6.45) is 5.37. The molecular weight excluding hydrogens is 348 g/mol. The van der Waals surface area contributed by atoms with Gasteiger partial charge in [0.15, 0.2) is 0 Å². The normalized spacial score (nSPS) is 11.8. The van der Waals surface area contributed by atoms with Crippen molar-refractivity contribution in [2.24, 2.45) is 0 Å². The summed E-state index contributed by atoms with van der Waals surface area (Å²) >= 11 is 0. The fourth-order valence-corrected chi connectivity index (χ4v) is 3.54. The van der Waals surface area contributed by atoms with Crippen LogP contribution in [0.5, 0.6) is 0 Å². The van der Waals surface area contributed by atoms with E-state index in [4.69, 9.17) is 0 Å². The SMILES string of the molecule is CNc1ccccc1C(C)(C)CC=Cc1ccc(N(CCO)CCO)cc1C. The third-order valence-corrected chi connectivity index (χ3v) is 5.21. The van der Waals surface area contributed by atoms with E-state index in [9.17, 15) is 10.2 Å². The largest absolute Gasteiger partial charge is 0.395 e. The van der Waals surface area contributed by atoms with Gasteiger partial charge in [-0.25, -0.2) is 0 Å². The summed E-state index contributed by atoms with van der Waals surface area (Å²) in [5.41, 5.74) is 5.92. The number of nitrogens with one attached hydrogen (secondary N) is 1. The number of anilines is 2. The van der Waals surface area contributed by atoms with E-state index in [2.05, 4.69) is 80.7 Å². The smallest absolute Gasteiger partial charge is 0.0606 e. The van der Waals surface area contributed by atoms with Gasteiger partial charge in [0, 0.05) is 31.5 Å². The van der Waals surface area contributed by atoms with E-state index in [1.54, 1.807) is 0 Å². The lowest BCUT2D eigenvalue weighted by molar-refractivity contribution is 0.281. The number of benzene rings is 2. The molecule has 0 bridgehead atoms. The average Bonchev–Trinajstić information content (AvgIpc) is 2.69. The molecule has 3 N–H and O–H groups in total. The number of aliphatic hydroxyl groups is 2. The molecule has 0 fully saturated rings. The van der Waals surface area contributed by atoms with Crippen molar-refractivity contribution in [3.05, 3.63) is 65.2 Å². The van der Waals surface area contributed by atoms with Gasteiger partial charge in [-0.2, -0.15) is 0 Å². The molecule has 4 heteroatoms. The van der Waals surface area contributed by atoms with Gasteiger partial charge in [-0.3, -0.25) is 0 Å². The van der Waals surface area contributed by atoms with Crippen LogP contribution in [-0.2, 0) is 5.41 Å². The van der Waals surface area contributed by atoms with Gasteiger partial charge >= 0.3 is 0 Å². The molecule has 0 spiro atoms. The maximum atomic E-state index is 9.23. The zero-order valence-corrected chi connectivity index (χ0v) is 17.6. The molecule has 0 amide bonds. The van der Waals surface area contributed by atoms with E-state index in [1.807, 2.05) is 11.9 Å². The zero-order valence-electron chi connectivity index (χ0n) is 17.6. The predicted octanol–water partition coefficient (Wildman–Crippen LogP) is 4.21. The van der Waals surface area contributed by atoms with Crippen LogP contribution < -0.4 is 10.2 Å². The predicted molar refractivity (Wildman–Crippen MR) is 120 cm³/mol. The maximum Gasteiger partial charge on any atom is 0.0606 e. The van der Waals surface area contributed by atoms with Crippen LogP contribution in [0.4, 0.5) is 11.4 Å². The molecule has 4 nitrogen and oxygen atoms in total. The Hall–Kier alpha value is -2.30. The molecule has 0 radical (unpaired) electrons. The van der Waals surface area contributed by atoms with Crippen LogP contribution in [0.1, 0.15) is 37.0 Å². The Labute approximate surface area is 169 Å². The lowest BCUT2D eigenvalue weighted by Gasteiger charge is -2.26. The minimum Gasteiger partial charge on any atom is -0.395 e. The number of aryl methyl sites for hydroxylation is 1.